The lowest BCUT2D eigenvalue weighted by Crippen LogP contribution is -2.31. The highest BCUT2D eigenvalue weighted by atomic mass is 16.2. The Balaban J connectivity index is 1.44. The first kappa shape index (κ1) is 19.2. The normalized spacial score (nSPS) is 15.5. The van der Waals surface area contributed by atoms with E-state index in [-0.39, 0.29) is 5.91 Å². The molecule has 31 heavy (non-hydrogen) atoms. The summed E-state index contributed by atoms with van der Waals surface area (Å²) in [5.41, 5.74) is 8.90. The zero-order chi connectivity index (χ0) is 21.0. The molecular weight excluding hydrogens is 390 g/mol. The minimum Gasteiger partial charge on any atom is -0.370 e. The van der Waals surface area contributed by atoms with E-state index in [0.29, 0.717) is 17.9 Å². The van der Waals surface area contributed by atoms with Crippen LogP contribution in [0.15, 0.2) is 60.2 Å². The molecular formula is C23H23N7O. The molecule has 5 rings (SSSR count). The van der Waals surface area contributed by atoms with Gasteiger partial charge in [-0.1, -0.05) is 12.1 Å². The van der Waals surface area contributed by atoms with E-state index in [1.165, 1.54) is 31.7 Å². The second-order valence-corrected chi connectivity index (χ2v) is 7.73. The smallest absolute Gasteiger partial charge is 0.276 e. The quantitative estimate of drug-likeness (QED) is 0.683. The number of rotatable bonds is 4. The van der Waals surface area contributed by atoms with Crippen LogP contribution in [0.25, 0.3) is 11.1 Å². The van der Waals surface area contributed by atoms with Crippen molar-refractivity contribution >= 4 is 23.0 Å². The predicted octanol–water partition coefficient (Wildman–Crippen LogP) is 2.97. The number of anilines is 2. The monoisotopic (exact) mass is 413 g/mol. The van der Waals surface area contributed by atoms with Gasteiger partial charge in [-0.2, -0.15) is 15.3 Å². The van der Waals surface area contributed by atoms with Crippen LogP contribution in [0.1, 0.15) is 30.4 Å². The Hall–Kier alpha value is -3.81. The molecule has 2 aliphatic rings. The maximum atomic E-state index is 12.9. The molecule has 0 saturated carbocycles. The number of amides is 1. The fourth-order valence-electron chi connectivity index (χ4n) is 4.03. The lowest BCUT2D eigenvalue weighted by Gasteiger charge is -2.28. The van der Waals surface area contributed by atoms with Gasteiger partial charge in [0.15, 0.2) is 5.71 Å². The molecule has 0 bridgehead atoms. The highest BCUT2D eigenvalue weighted by molar-refractivity contribution is 6.49. The van der Waals surface area contributed by atoms with E-state index in [1.807, 2.05) is 24.5 Å². The average molecular weight is 413 g/mol. The Labute approximate surface area is 180 Å². The van der Waals surface area contributed by atoms with Crippen molar-refractivity contribution in [2.75, 3.05) is 23.3 Å². The number of pyridine rings is 1. The predicted molar refractivity (Wildman–Crippen MR) is 120 cm³/mol. The van der Waals surface area contributed by atoms with Crippen molar-refractivity contribution in [2.45, 2.75) is 25.8 Å². The molecule has 3 aromatic rings. The first-order valence-corrected chi connectivity index (χ1v) is 10.5. The summed E-state index contributed by atoms with van der Waals surface area (Å²) in [6.45, 7) is 2.72. The van der Waals surface area contributed by atoms with E-state index in [0.717, 1.165) is 41.0 Å². The number of nitrogens with zero attached hydrogens (tertiary/aromatic N) is 5. The molecule has 8 heteroatoms. The van der Waals surface area contributed by atoms with E-state index in [2.05, 4.69) is 48.1 Å². The number of hydrogen-bond acceptors (Lipinski definition) is 7. The van der Waals surface area contributed by atoms with Crippen molar-refractivity contribution < 1.29 is 4.79 Å². The average Bonchev–Trinajstić information content (AvgIpc) is 2.84. The third-order valence-corrected chi connectivity index (χ3v) is 5.66. The van der Waals surface area contributed by atoms with Gasteiger partial charge in [-0.05, 0) is 48.6 Å². The SMILES string of the molecule is O=C(Nc1ccnnc1)C1=NNCc2ccc(-c3cncc(N4CCCCC4)c3)cc21. The van der Waals surface area contributed by atoms with E-state index < -0.39 is 0 Å². The molecule has 0 atom stereocenters. The summed E-state index contributed by atoms with van der Waals surface area (Å²) in [6, 6.07) is 10.0. The molecule has 1 saturated heterocycles. The van der Waals surface area contributed by atoms with Crippen molar-refractivity contribution in [1.82, 2.24) is 20.6 Å². The van der Waals surface area contributed by atoms with E-state index >= 15 is 0 Å². The van der Waals surface area contributed by atoms with Crippen molar-refractivity contribution in [3.05, 3.63) is 66.2 Å². The third kappa shape index (κ3) is 4.09. The Morgan fingerprint density at radius 3 is 2.71 bits per heavy atom. The number of hydrazone groups is 1. The Kier molecular flexibility index (Phi) is 5.26. The number of fused-ring (bicyclic) bond motifs is 1. The van der Waals surface area contributed by atoms with Crippen molar-refractivity contribution in [3.63, 3.8) is 0 Å². The molecule has 0 spiro atoms. The number of aromatic nitrogens is 3. The summed E-state index contributed by atoms with van der Waals surface area (Å²) in [7, 11) is 0. The molecule has 4 heterocycles. The van der Waals surface area contributed by atoms with Crippen LogP contribution in [-0.2, 0) is 11.3 Å². The van der Waals surface area contributed by atoms with Gasteiger partial charge in [-0.3, -0.25) is 9.78 Å². The maximum absolute atomic E-state index is 12.9. The van der Waals surface area contributed by atoms with Gasteiger partial charge in [-0.25, -0.2) is 0 Å². The van der Waals surface area contributed by atoms with Crippen LogP contribution in [0, 0.1) is 0 Å². The fraction of sp³-hybridized carbons (Fsp3) is 0.261. The molecule has 0 radical (unpaired) electrons. The molecule has 2 aromatic heterocycles. The Bertz CT molecular complexity index is 1120. The van der Waals surface area contributed by atoms with Crippen LogP contribution in [-0.4, -0.2) is 39.9 Å². The Morgan fingerprint density at radius 1 is 0.968 bits per heavy atom. The van der Waals surface area contributed by atoms with Crippen LogP contribution < -0.4 is 15.6 Å². The topological polar surface area (TPSA) is 95.4 Å². The van der Waals surface area contributed by atoms with Crippen molar-refractivity contribution in [3.8, 4) is 11.1 Å². The second-order valence-electron chi connectivity index (χ2n) is 7.73. The molecule has 2 aliphatic heterocycles. The summed E-state index contributed by atoms with van der Waals surface area (Å²) < 4.78 is 0. The molecule has 1 fully saturated rings. The van der Waals surface area contributed by atoms with Gasteiger partial charge in [0.1, 0.15) is 0 Å². The molecule has 0 unspecified atom stereocenters. The zero-order valence-electron chi connectivity index (χ0n) is 17.1. The standard InChI is InChI=1S/C23H23N7O/c31-23(28-19-6-7-25-26-14-19)22-21-11-16(4-5-17(21)13-27-29-22)18-10-20(15-24-12-18)30-8-2-1-3-9-30/h4-7,10-12,14-15,27H,1-3,8-9,13H2,(H,25,28,31). The van der Waals surface area contributed by atoms with Crippen LogP contribution >= 0.6 is 0 Å². The fourth-order valence-corrected chi connectivity index (χ4v) is 4.03. The molecule has 156 valence electrons. The number of benzene rings is 1. The minimum absolute atomic E-state index is 0.293. The summed E-state index contributed by atoms with van der Waals surface area (Å²) in [6.07, 6.45) is 10.6. The number of piperidine rings is 1. The number of carbonyl (C=O) groups excluding carboxylic acids is 1. The lowest BCUT2D eigenvalue weighted by molar-refractivity contribution is -0.110. The number of carbonyl (C=O) groups is 1. The minimum atomic E-state index is -0.293. The summed E-state index contributed by atoms with van der Waals surface area (Å²) in [5, 5.41) is 14.7. The lowest BCUT2D eigenvalue weighted by atomic mass is 9.95. The Morgan fingerprint density at radius 2 is 1.87 bits per heavy atom. The molecule has 2 N–H and O–H groups in total. The van der Waals surface area contributed by atoms with Gasteiger partial charge in [-0.15, -0.1) is 0 Å². The van der Waals surface area contributed by atoms with Gasteiger partial charge in [0.2, 0.25) is 0 Å². The van der Waals surface area contributed by atoms with Crippen molar-refractivity contribution in [1.29, 1.82) is 0 Å². The van der Waals surface area contributed by atoms with Crippen LogP contribution in [0.5, 0.6) is 0 Å². The largest absolute Gasteiger partial charge is 0.370 e. The highest BCUT2D eigenvalue weighted by Gasteiger charge is 2.22. The molecule has 1 aromatic carbocycles. The van der Waals surface area contributed by atoms with Gasteiger partial charge < -0.3 is 15.6 Å². The van der Waals surface area contributed by atoms with Crippen LogP contribution in [0.4, 0.5) is 11.4 Å². The number of nitrogens with one attached hydrogen (secondary N) is 2. The molecule has 1 amide bonds. The van der Waals surface area contributed by atoms with E-state index in [4.69, 9.17) is 0 Å². The first-order valence-electron chi connectivity index (χ1n) is 10.5. The van der Waals surface area contributed by atoms with Gasteiger partial charge in [0.25, 0.3) is 5.91 Å². The third-order valence-electron chi connectivity index (χ3n) is 5.66. The van der Waals surface area contributed by atoms with Crippen LogP contribution in [0.3, 0.4) is 0 Å². The highest BCUT2D eigenvalue weighted by Crippen LogP contribution is 2.28. The van der Waals surface area contributed by atoms with Gasteiger partial charge in [0, 0.05) is 30.4 Å². The summed E-state index contributed by atoms with van der Waals surface area (Å²) >= 11 is 0. The summed E-state index contributed by atoms with van der Waals surface area (Å²) in [5.74, 6) is -0.293. The van der Waals surface area contributed by atoms with E-state index in [1.54, 1.807) is 6.07 Å². The maximum Gasteiger partial charge on any atom is 0.276 e. The zero-order valence-corrected chi connectivity index (χ0v) is 17.1. The number of hydrogen-bond donors (Lipinski definition) is 2. The summed E-state index contributed by atoms with van der Waals surface area (Å²) in [4.78, 5) is 19.8. The van der Waals surface area contributed by atoms with Crippen LogP contribution in [0.2, 0.25) is 0 Å². The molecule has 0 aliphatic carbocycles. The molecule has 8 nitrogen and oxygen atoms in total. The van der Waals surface area contributed by atoms with Gasteiger partial charge >= 0.3 is 0 Å². The van der Waals surface area contributed by atoms with Gasteiger partial charge in [0.05, 0.1) is 36.5 Å². The second kappa shape index (κ2) is 8.51. The van der Waals surface area contributed by atoms with Crippen molar-refractivity contribution in [2.24, 2.45) is 5.10 Å². The van der Waals surface area contributed by atoms with E-state index in [9.17, 15) is 4.79 Å². The first-order chi connectivity index (χ1) is 15.3.